The van der Waals surface area contributed by atoms with Crippen molar-refractivity contribution in [2.45, 2.75) is 26.9 Å². The SMILES string of the molecule is CC(C)Cn1ccnc1NC(=O)c1ccc(CN)cc1.Cl. The van der Waals surface area contributed by atoms with E-state index in [-0.39, 0.29) is 18.3 Å². The first-order valence-electron chi connectivity index (χ1n) is 6.71. The number of amides is 1. The molecule has 5 nitrogen and oxygen atoms in total. The summed E-state index contributed by atoms with van der Waals surface area (Å²) in [6.45, 7) is 5.54. The van der Waals surface area contributed by atoms with Crippen molar-refractivity contribution in [3.63, 3.8) is 0 Å². The lowest BCUT2D eigenvalue weighted by molar-refractivity contribution is 0.102. The lowest BCUT2D eigenvalue weighted by Crippen LogP contribution is -2.17. The van der Waals surface area contributed by atoms with Gasteiger partial charge in [-0.25, -0.2) is 4.98 Å². The quantitative estimate of drug-likeness (QED) is 0.892. The van der Waals surface area contributed by atoms with E-state index in [0.717, 1.165) is 12.1 Å². The smallest absolute Gasteiger partial charge is 0.257 e. The number of carbonyl (C=O) groups is 1. The van der Waals surface area contributed by atoms with Crippen molar-refractivity contribution in [1.29, 1.82) is 0 Å². The zero-order chi connectivity index (χ0) is 14.5. The molecule has 2 rings (SSSR count). The number of halogens is 1. The Hall–Kier alpha value is -1.85. The number of nitrogens with two attached hydrogens (primary N) is 1. The predicted molar refractivity (Wildman–Crippen MR) is 86.6 cm³/mol. The highest BCUT2D eigenvalue weighted by molar-refractivity contribution is 6.03. The van der Waals surface area contributed by atoms with Gasteiger partial charge in [0, 0.05) is 31.0 Å². The van der Waals surface area contributed by atoms with Gasteiger partial charge in [-0.05, 0) is 23.6 Å². The number of aromatic nitrogens is 2. The molecule has 0 atom stereocenters. The zero-order valence-corrected chi connectivity index (χ0v) is 13.1. The minimum atomic E-state index is -0.162. The number of anilines is 1. The predicted octanol–water partition coefficient (Wildman–Crippen LogP) is 2.67. The summed E-state index contributed by atoms with van der Waals surface area (Å²) < 4.78 is 1.94. The van der Waals surface area contributed by atoms with Gasteiger partial charge < -0.3 is 10.3 Å². The Morgan fingerprint density at radius 3 is 2.57 bits per heavy atom. The molecule has 0 spiro atoms. The summed E-state index contributed by atoms with van der Waals surface area (Å²) in [6, 6.07) is 7.26. The number of imidazole rings is 1. The highest BCUT2D eigenvalue weighted by Gasteiger charge is 2.10. The molecule has 1 aromatic carbocycles. The summed E-state index contributed by atoms with van der Waals surface area (Å²) in [4.78, 5) is 16.3. The van der Waals surface area contributed by atoms with Crippen LogP contribution < -0.4 is 11.1 Å². The van der Waals surface area contributed by atoms with Crippen LogP contribution in [0, 0.1) is 5.92 Å². The van der Waals surface area contributed by atoms with Crippen LogP contribution in [0.1, 0.15) is 29.8 Å². The lowest BCUT2D eigenvalue weighted by atomic mass is 10.1. The molecule has 1 heterocycles. The molecule has 2 aromatic rings. The van der Waals surface area contributed by atoms with E-state index in [1.807, 2.05) is 22.9 Å². The molecule has 0 radical (unpaired) electrons. The van der Waals surface area contributed by atoms with Gasteiger partial charge in [0.15, 0.2) is 0 Å². The van der Waals surface area contributed by atoms with Gasteiger partial charge >= 0.3 is 0 Å². The Morgan fingerprint density at radius 1 is 1.33 bits per heavy atom. The van der Waals surface area contributed by atoms with E-state index in [9.17, 15) is 4.79 Å². The summed E-state index contributed by atoms with van der Waals surface area (Å²) in [6.07, 6.45) is 3.56. The van der Waals surface area contributed by atoms with Crippen LogP contribution in [0.3, 0.4) is 0 Å². The Labute approximate surface area is 131 Å². The molecule has 1 amide bonds. The van der Waals surface area contributed by atoms with Gasteiger partial charge in [-0.2, -0.15) is 0 Å². The minimum absolute atomic E-state index is 0. The van der Waals surface area contributed by atoms with Crippen LogP contribution in [0.4, 0.5) is 5.95 Å². The molecule has 0 saturated heterocycles. The molecule has 0 aliphatic carbocycles. The van der Waals surface area contributed by atoms with Crippen LogP contribution in [-0.2, 0) is 13.1 Å². The van der Waals surface area contributed by atoms with Gasteiger partial charge in [0.2, 0.25) is 5.95 Å². The zero-order valence-electron chi connectivity index (χ0n) is 12.2. The van der Waals surface area contributed by atoms with Crippen molar-refractivity contribution in [1.82, 2.24) is 9.55 Å². The molecule has 21 heavy (non-hydrogen) atoms. The molecule has 3 N–H and O–H groups in total. The maximum absolute atomic E-state index is 12.2. The van der Waals surface area contributed by atoms with Gasteiger partial charge in [0.05, 0.1) is 0 Å². The van der Waals surface area contributed by atoms with Crippen LogP contribution >= 0.6 is 12.4 Å². The monoisotopic (exact) mass is 308 g/mol. The van der Waals surface area contributed by atoms with E-state index >= 15 is 0 Å². The Kier molecular flexibility index (Phi) is 6.39. The first-order chi connectivity index (χ1) is 9.60. The van der Waals surface area contributed by atoms with Crippen LogP contribution in [-0.4, -0.2) is 15.5 Å². The standard InChI is InChI=1S/C15H20N4O.ClH/c1-11(2)10-19-8-7-17-15(19)18-14(20)13-5-3-12(9-16)4-6-13;/h3-8,11H,9-10,16H2,1-2H3,(H,17,18,20);1H. The highest BCUT2D eigenvalue weighted by Crippen LogP contribution is 2.11. The molecule has 0 fully saturated rings. The largest absolute Gasteiger partial charge is 0.326 e. The van der Waals surface area contributed by atoms with Gasteiger partial charge in [-0.15, -0.1) is 12.4 Å². The first-order valence-corrected chi connectivity index (χ1v) is 6.71. The fourth-order valence-corrected chi connectivity index (χ4v) is 1.94. The summed E-state index contributed by atoms with van der Waals surface area (Å²) in [5, 5.41) is 2.83. The summed E-state index contributed by atoms with van der Waals surface area (Å²) in [7, 11) is 0. The van der Waals surface area contributed by atoms with E-state index in [4.69, 9.17) is 5.73 Å². The average molecular weight is 309 g/mol. The fraction of sp³-hybridized carbons (Fsp3) is 0.333. The molecule has 114 valence electrons. The summed E-state index contributed by atoms with van der Waals surface area (Å²) in [5.74, 6) is 0.903. The molecular formula is C15H21ClN4O. The van der Waals surface area contributed by atoms with E-state index in [0.29, 0.717) is 24.0 Å². The summed E-state index contributed by atoms with van der Waals surface area (Å²) >= 11 is 0. The normalized spacial score (nSPS) is 10.3. The molecule has 0 aliphatic rings. The topological polar surface area (TPSA) is 72.9 Å². The maximum atomic E-state index is 12.2. The minimum Gasteiger partial charge on any atom is -0.326 e. The third-order valence-electron chi connectivity index (χ3n) is 2.95. The molecule has 1 aromatic heterocycles. The van der Waals surface area contributed by atoms with Gasteiger partial charge in [0.1, 0.15) is 0 Å². The third-order valence-corrected chi connectivity index (χ3v) is 2.95. The van der Waals surface area contributed by atoms with Gasteiger partial charge in [-0.1, -0.05) is 26.0 Å². The van der Waals surface area contributed by atoms with Crippen molar-refractivity contribution < 1.29 is 4.79 Å². The van der Waals surface area contributed by atoms with Crippen LogP contribution in [0.15, 0.2) is 36.7 Å². The molecule has 0 saturated carbocycles. The molecule has 0 bridgehead atoms. The van der Waals surface area contributed by atoms with Crippen LogP contribution in [0.25, 0.3) is 0 Å². The number of hydrogen-bond acceptors (Lipinski definition) is 3. The molecule has 0 aliphatic heterocycles. The number of rotatable bonds is 5. The number of carbonyl (C=O) groups excluding carboxylic acids is 1. The fourth-order valence-electron chi connectivity index (χ4n) is 1.94. The lowest BCUT2D eigenvalue weighted by Gasteiger charge is -2.11. The second kappa shape index (κ2) is 7.81. The van der Waals surface area contributed by atoms with E-state index in [2.05, 4.69) is 24.1 Å². The molecular weight excluding hydrogens is 288 g/mol. The average Bonchev–Trinajstić information content (AvgIpc) is 2.85. The Bertz CT molecular complexity index is 578. The highest BCUT2D eigenvalue weighted by atomic mass is 35.5. The van der Waals surface area contributed by atoms with Crippen molar-refractivity contribution in [3.8, 4) is 0 Å². The number of hydrogen-bond donors (Lipinski definition) is 2. The second-order valence-electron chi connectivity index (χ2n) is 5.15. The molecule has 6 heteroatoms. The number of benzene rings is 1. The van der Waals surface area contributed by atoms with E-state index in [1.54, 1.807) is 18.3 Å². The number of nitrogens with zero attached hydrogens (tertiary/aromatic N) is 2. The van der Waals surface area contributed by atoms with Gasteiger partial charge in [0.25, 0.3) is 5.91 Å². The van der Waals surface area contributed by atoms with Gasteiger partial charge in [-0.3, -0.25) is 10.1 Å². The van der Waals surface area contributed by atoms with Crippen molar-refractivity contribution >= 4 is 24.3 Å². The Balaban J connectivity index is 0.00000220. The first kappa shape index (κ1) is 17.2. The number of nitrogens with one attached hydrogen (secondary N) is 1. The summed E-state index contributed by atoms with van der Waals surface area (Å²) in [5.41, 5.74) is 7.14. The van der Waals surface area contributed by atoms with Crippen molar-refractivity contribution in [3.05, 3.63) is 47.8 Å². The van der Waals surface area contributed by atoms with Crippen LogP contribution in [0.5, 0.6) is 0 Å². The van der Waals surface area contributed by atoms with E-state index in [1.165, 1.54) is 0 Å². The van der Waals surface area contributed by atoms with Crippen LogP contribution in [0.2, 0.25) is 0 Å². The molecule has 0 unspecified atom stereocenters. The second-order valence-corrected chi connectivity index (χ2v) is 5.15. The maximum Gasteiger partial charge on any atom is 0.257 e. The van der Waals surface area contributed by atoms with E-state index < -0.39 is 0 Å². The third kappa shape index (κ3) is 4.58. The Morgan fingerprint density at radius 2 is 2.00 bits per heavy atom. The van der Waals surface area contributed by atoms with Crippen molar-refractivity contribution in [2.24, 2.45) is 11.7 Å². The van der Waals surface area contributed by atoms with Crippen molar-refractivity contribution in [2.75, 3.05) is 5.32 Å².